The smallest absolute Gasteiger partial charge is 0.422 e. The number of benzene rings is 1. The summed E-state index contributed by atoms with van der Waals surface area (Å²) < 4.78 is 67.3. The fourth-order valence-electron chi connectivity index (χ4n) is 4.59. The summed E-state index contributed by atoms with van der Waals surface area (Å²) in [7, 11) is -3.19. The van der Waals surface area contributed by atoms with Crippen LogP contribution in [0.25, 0.3) is 5.82 Å². The lowest BCUT2D eigenvalue weighted by Crippen LogP contribution is -2.47. The van der Waals surface area contributed by atoms with Crippen LogP contribution in [-0.2, 0) is 16.3 Å². The van der Waals surface area contributed by atoms with Crippen LogP contribution in [0, 0.1) is 12.3 Å². The molecule has 0 N–H and O–H groups in total. The van der Waals surface area contributed by atoms with E-state index in [9.17, 15) is 31.2 Å². The van der Waals surface area contributed by atoms with Crippen molar-refractivity contribution in [3.8, 4) is 11.7 Å². The zero-order chi connectivity index (χ0) is 28.8. The topological polar surface area (TPSA) is 108 Å². The number of sulfone groups is 1. The Morgan fingerprint density at radius 1 is 1.15 bits per heavy atom. The van der Waals surface area contributed by atoms with Crippen LogP contribution in [0.2, 0.25) is 10.0 Å². The summed E-state index contributed by atoms with van der Waals surface area (Å²) in [4.78, 5) is 30.9. The maximum atomic E-state index is 13.6. The molecule has 0 atom stereocenters. The van der Waals surface area contributed by atoms with Gasteiger partial charge < -0.3 is 4.74 Å². The highest BCUT2D eigenvalue weighted by atomic mass is 35.5. The molecule has 0 radical (unpaired) electrons. The first-order chi connectivity index (χ1) is 18.1. The number of aromatic nitrogens is 3. The number of hydrogen-bond acceptors (Lipinski definition) is 7. The van der Waals surface area contributed by atoms with E-state index in [0.29, 0.717) is 11.1 Å². The summed E-state index contributed by atoms with van der Waals surface area (Å²) in [6.07, 6.45) is -3.67. The number of carbonyl (C=O) groups excluding carboxylic acids is 2. The quantitative estimate of drug-likeness (QED) is 0.307. The summed E-state index contributed by atoms with van der Waals surface area (Å²) >= 11 is 12.4. The molecule has 1 aliphatic rings. The number of hydrogen-bond donors (Lipinski definition) is 0. The lowest BCUT2D eigenvalue weighted by molar-refractivity contribution is -0.154. The lowest BCUT2D eigenvalue weighted by Gasteiger charge is -2.37. The van der Waals surface area contributed by atoms with Gasteiger partial charge in [0.25, 0.3) is 0 Å². The molecule has 0 saturated carbocycles. The van der Waals surface area contributed by atoms with Gasteiger partial charge in [-0.25, -0.2) is 18.1 Å². The Kier molecular flexibility index (Phi) is 7.85. The highest BCUT2D eigenvalue weighted by Gasteiger charge is 2.46. The van der Waals surface area contributed by atoms with E-state index in [4.69, 9.17) is 27.9 Å². The van der Waals surface area contributed by atoms with Crippen LogP contribution in [0.15, 0.2) is 36.5 Å². The minimum atomic E-state index is -4.64. The van der Waals surface area contributed by atoms with E-state index in [-0.39, 0.29) is 57.3 Å². The monoisotopic (exact) mass is 603 g/mol. The lowest BCUT2D eigenvalue weighted by atomic mass is 9.84. The molecule has 1 fully saturated rings. The average Bonchev–Trinajstić information content (AvgIpc) is 3.21. The largest absolute Gasteiger partial charge is 0.467 e. The normalized spacial score (nSPS) is 16.0. The summed E-state index contributed by atoms with van der Waals surface area (Å²) in [5.41, 5.74) is 0.137. The van der Waals surface area contributed by atoms with Crippen molar-refractivity contribution >= 4 is 44.6 Å². The van der Waals surface area contributed by atoms with Crippen LogP contribution < -0.4 is 4.74 Å². The third-order valence-electron chi connectivity index (χ3n) is 6.10. The predicted molar refractivity (Wildman–Crippen MR) is 138 cm³/mol. The van der Waals surface area contributed by atoms with E-state index < -0.39 is 39.7 Å². The number of alkyl halides is 3. The minimum Gasteiger partial charge on any atom is -0.467 e. The number of aryl methyl sites for hydroxylation is 1. The first-order valence-corrected chi connectivity index (χ1v) is 14.1. The number of pyridine rings is 1. The molecule has 2 aromatic heterocycles. The zero-order valence-corrected chi connectivity index (χ0v) is 23.0. The minimum absolute atomic E-state index is 0.00683. The predicted octanol–water partition coefficient (Wildman–Crippen LogP) is 5.26. The second-order valence-electron chi connectivity index (χ2n) is 9.78. The highest BCUT2D eigenvalue weighted by molar-refractivity contribution is 7.92. The first kappa shape index (κ1) is 29.0. The molecule has 14 heteroatoms. The van der Waals surface area contributed by atoms with Gasteiger partial charge >= 0.3 is 6.18 Å². The highest BCUT2D eigenvalue weighted by Crippen LogP contribution is 2.38. The summed E-state index contributed by atoms with van der Waals surface area (Å²) in [5.74, 6) is -1.71. The van der Waals surface area contributed by atoms with Crippen LogP contribution in [0.4, 0.5) is 13.2 Å². The third-order valence-corrected chi connectivity index (χ3v) is 8.88. The SMILES string of the molecule is Cc1cc(Cl)cc(C(=O)CC2(C)CS(=O)(=O)C2)c1CC(=O)c1cc(OCC(F)(F)F)nn1-c1ncccc1Cl. The number of ketones is 2. The van der Waals surface area contributed by atoms with Gasteiger partial charge in [0.1, 0.15) is 5.69 Å². The van der Waals surface area contributed by atoms with Crippen LogP contribution in [0.3, 0.4) is 0 Å². The van der Waals surface area contributed by atoms with E-state index in [1.54, 1.807) is 19.9 Å². The van der Waals surface area contributed by atoms with Gasteiger partial charge in [0.2, 0.25) is 5.88 Å². The molecule has 0 amide bonds. The average molecular weight is 604 g/mol. The molecule has 8 nitrogen and oxygen atoms in total. The molecule has 0 bridgehead atoms. The number of Topliss-reactive ketones (excluding diaryl/α,β-unsaturated/α-hetero) is 2. The Morgan fingerprint density at radius 2 is 1.85 bits per heavy atom. The Morgan fingerprint density at radius 3 is 2.46 bits per heavy atom. The van der Waals surface area contributed by atoms with Crippen molar-refractivity contribution in [2.24, 2.45) is 5.41 Å². The number of carbonyl (C=O) groups is 2. The van der Waals surface area contributed by atoms with Gasteiger partial charge in [0, 0.05) is 41.1 Å². The number of halogens is 5. The van der Waals surface area contributed by atoms with E-state index in [1.165, 1.54) is 24.4 Å². The Labute approximate surface area is 232 Å². The second-order valence-corrected chi connectivity index (χ2v) is 12.7. The van der Waals surface area contributed by atoms with Crippen molar-refractivity contribution in [3.05, 3.63) is 69.0 Å². The van der Waals surface area contributed by atoms with Crippen molar-refractivity contribution in [1.29, 1.82) is 0 Å². The van der Waals surface area contributed by atoms with Gasteiger partial charge in [-0.05, 0) is 42.3 Å². The molecule has 4 rings (SSSR count). The van der Waals surface area contributed by atoms with Crippen molar-refractivity contribution in [2.45, 2.75) is 32.9 Å². The van der Waals surface area contributed by atoms with Crippen molar-refractivity contribution in [1.82, 2.24) is 14.8 Å². The van der Waals surface area contributed by atoms with Crippen molar-refractivity contribution < 1.29 is 35.9 Å². The first-order valence-electron chi connectivity index (χ1n) is 11.5. The molecule has 0 unspecified atom stereocenters. The molecule has 0 spiro atoms. The van der Waals surface area contributed by atoms with E-state index in [2.05, 4.69) is 10.1 Å². The van der Waals surface area contributed by atoms with Gasteiger partial charge in [-0.3, -0.25) is 9.59 Å². The van der Waals surface area contributed by atoms with Crippen LogP contribution in [-0.4, -0.2) is 59.0 Å². The maximum Gasteiger partial charge on any atom is 0.422 e. The molecule has 1 saturated heterocycles. The van der Waals surface area contributed by atoms with Gasteiger partial charge in [0.15, 0.2) is 33.8 Å². The second kappa shape index (κ2) is 10.5. The van der Waals surface area contributed by atoms with Gasteiger partial charge in [-0.1, -0.05) is 30.1 Å². The summed E-state index contributed by atoms with van der Waals surface area (Å²) in [6, 6.07) is 7.03. The number of rotatable bonds is 9. The fraction of sp³-hybridized carbons (Fsp3) is 0.360. The van der Waals surface area contributed by atoms with E-state index in [1.807, 2.05) is 0 Å². The fourth-order valence-corrected chi connectivity index (χ4v) is 7.31. The number of nitrogens with zero attached hydrogens (tertiary/aromatic N) is 3. The van der Waals surface area contributed by atoms with E-state index in [0.717, 1.165) is 10.7 Å². The third kappa shape index (κ3) is 6.79. The Hall–Kier alpha value is -2.96. The van der Waals surface area contributed by atoms with E-state index >= 15 is 0 Å². The molecule has 0 aliphatic carbocycles. The molecule has 3 heterocycles. The molecule has 1 aromatic carbocycles. The molecule has 3 aromatic rings. The van der Waals surface area contributed by atoms with Crippen LogP contribution >= 0.6 is 23.2 Å². The van der Waals surface area contributed by atoms with Crippen molar-refractivity contribution in [3.63, 3.8) is 0 Å². The Bertz CT molecular complexity index is 1560. The van der Waals surface area contributed by atoms with Crippen LogP contribution in [0.1, 0.15) is 45.3 Å². The zero-order valence-electron chi connectivity index (χ0n) is 20.7. The maximum absolute atomic E-state index is 13.6. The molecular weight excluding hydrogens is 582 g/mol. The number of ether oxygens (including phenoxy) is 1. The standard InChI is InChI=1S/C25H22Cl2F3N3O5S/c1-14-6-15(26)7-17(21(35)10-24(2)12-39(36,37)13-24)16(14)8-20(34)19-9-22(38-11-25(28,29)30)32-33(19)23-18(27)4-3-5-31-23/h3-7,9H,8,10-13H2,1-2H3. The van der Waals surface area contributed by atoms with Crippen LogP contribution in [0.5, 0.6) is 5.88 Å². The van der Waals surface area contributed by atoms with Gasteiger partial charge in [-0.15, -0.1) is 5.10 Å². The van der Waals surface area contributed by atoms with Crippen molar-refractivity contribution in [2.75, 3.05) is 18.1 Å². The molecule has 39 heavy (non-hydrogen) atoms. The molecular formula is C25H22Cl2F3N3O5S. The van der Waals surface area contributed by atoms with Gasteiger partial charge in [0.05, 0.1) is 16.5 Å². The Balaban J connectivity index is 1.69. The van der Waals surface area contributed by atoms with Gasteiger partial charge in [-0.2, -0.15) is 13.2 Å². The molecule has 1 aliphatic heterocycles. The summed E-state index contributed by atoms with van der Waals surface area (Å²) in [6.45, 7) is 1.73. The molecule has 208 valence electrons. The summed E-state index contributed by atoms with van der Waals surface area (Å²) in [5, 5.41) is 4.30.